The highest BCUT2D eigenvalue weighted by Gasteiger charge is 2.08. The van der Waals surface area contributed by atoms with Gasteiger partial charge in [-0.15, -0.1) is 0 Å². The predicted octanol–water partition coefficient (Wildman–Crippen LogP) is 2.91. The molecular formula is C13H18ClN5. The van der Waals surface area contributed by atoms with Crippen LogP contribution >= 0.6 is 11.6 Å². The van der Waals surface area contributed by atoms with Gasteiger partial charge in [0.05, 0.1) is 5.69 Å². The summed E-state index contributed by atoms with van der Waals surface area (Å²) in [6, 6.07) is 1.74. The molecule has 0 bridgehead atoms. The van der Waals surface area contributed by atoms with Gasteiger partial charge in [0.2, 0.25) is 0 Å². The van der Waals surface area contributed by atoms with Crippen molar-refractivity contribution in [2.45, 2.75) is 33.2 Å². The third-order valence-electron chi connectivity index (χ3n) is 2.80. The van der Waals surface area contributed by atoms with E-state index in [1.54, 1.807) is 10.7 Å². The Morgan fingerprint density at radius 3 is 2.68 bits per heavy atom. The molecule has 2 aromatic rings. The van der Waals surface area contributed by atoms with Gasteiger partial charge in [-0.2, -0.15) is 5.10 Å². The van der Waals surface area contributed by atoms with Gasteiger partial charge >= 0.3 is 0 Å². The largest absolute Gasteiger partial charge is 0.366 e. The summed E-state index contributed by atoms with van der Waals surface area (Å²) in [4.78, 5) is 8.66. The van der Waals surface area contributed by atoms with E-state index in [4.69, 9.17) is 11.6 Å². The Hall–Kier alpha value is -1.62. The summed E-state index contributed by atoms with van der Waals surface area (Å²) in [5.41, 5.74) is 2.16. The molecule has 6 heteroatoms. The van der Waals surface area contributed by atoms with Crippen molar-refractivity contribution in [2.75, 3.05) is 5.32 Å². The second-order valence-corrected chi connectivity index (χ2v) is 5.24. The zero-order chi connectivity index (χ0) is 14.0. The summed E-state index contributed by atoms with van der Waals surface area (Å²) >= 11 is 6.00. The van der Waals surface area contributed by atoms with E-state index < -0.39 is 0 Å². The zero-order valence-corrected chi connectivity index (χ0v) is 12.4. The van der Waals surface area contributed by atoms with Gasteiger partial charge in [-0.05, 0) is 6.92 Å². The first-order chi connectivity index (χ1) is 8.95. The molecule has 0 saturated heterocycles. The third kappa shape index (κ3) is 3.44. The van der Waals surface area contributed by atoms with Crippen LogP contribution in [0, 0.1) is 6.92 Å². The van der Waals surface area contributed by atoms with Gasteiger partial charge in [-0.25, -0.2) is 9.97 Å². The van der Waals surface area contributed by atoms with Crippen LogP contribution in [-0.4, -0.2) is 19.7 Å². The standard InChI is InChI=1S/C13H18ClN5/c1-8(2)13-16-11(14)5-12(17-13)15-6-10-7-19(4)18-9(10)3/h5,7-8H,6H2,1-4H3,(H,15,16,17). The molecule has 2 rings (SSSR count). The summed E-state index contributed by atoms with van der Waals surface area (Å²) in [5, 5.41) is 8.03. The number of rotatable bonds is 4. The van der Waals surface area contributed by atoms with Crippen LogP contribution in [0.15, 0.2) is 12.3 Å². The smallest absolute Gasteiger partial charge is 0.135 e. The highest BCUT2D eigenvalue weighted by atomic mass is 35.5. The normalized spacial score (nSPS) is 11.1. The molecule has 0 aliphatic carbocycles. The van der Waals surface area contributed by atoms with Crippen molar-refractivity contribution in [1.82, 2.24) is 19.7 Å². The molecule has 1 N–H and O–H groups in total. The van der Waals surface area contributed by atoms with E-state index in [1.165, 1.54) is 0 Å². The Labute approximate surface area is 118 Å². The summed E-state index contributed by atoms with van der Waals surface area (Å²) in [6.07, 6.45) is 1.99. The van der Waals surface area contributed by atoms with Crippen molar-refractivity contribution in [2.24, 2.45) is 7.05 Å². The average molecular weight is 280 g/mol. The molecule has 0 aromatic carbocycles. The quantitative estimate of drug-likeness (QED) is 0.875. The van der Waals surface area contributed by atoms with Gasteiger partial charge in [0.15, 0.2) is 0 Å². The number of anilines is 1. The van der Waals surface area contributed by atoms with Crippen LogP contribution in [0.3, 0.4) is 0 Å². The second kappa shape index (κ2) is 5.57. The molecular weight excluding hydrogens is 262 g/mol. The number of nitrogens with zero attached hydrogens (tertiary/aromatic N) is 4. The molecule has 0 atom stereocenters. The molecule has 0 fully saturated rings. The Kier molecular flexibility index (Phi) is 4.04. The van der Waals surface area contributed by atoms with Gasteiger partial charge in [-0.1, -0.05) is 25.4 Å². The number of halogens is 1. The average Bonchev–Trinajstić information content (AvgIpc) is 2.64. The van der Waals surface area contributed by atoms with E-state index in [0.717, 1.165) is 22.9 Å². The first kappa shape index (κ1) is 13.8. The summed E-state index contributed by atoms with van der Waals surface area (Å²) in [6.45, 7) is 6.75. The predicted molar refractivity (Wildman–Crippen MR) is 76.4 cm³/mol. The van der Waals surface area contributed by atoms with E-state index in [9.17, 15) is 0 Å². The Morgan fingerprint density at radius 1 is 1.37 bits per heavy atom. The fourth-order valence-corrected chi connectivity index (χ4v) is 1.98. The van der Waals surface area contributed by atoms with Crippen molar-refractivity contribution < 1.29 is 0 Å². The maximum atomic E-state index is 6.00. The van der Waals surface area contributed by atoms with Crippen LogP contribution < -0.4 is 5.32 Å². The van der Waals surface area contributed by atoms with E-state index in [0.29, 0.717) is 11.7 Å². The highest BCUT2D eigenvalue weighted by molar-refractivity contribution is 6.29. The maximum absolute atomic E-state index is 6.00. The Balaban J connectivity index is 2.13. The number of nitrogens with one attached hydrogen (secondary N) is 1. The molecule has 19 heavy (non-hydrogen) atoms. The van der Waals surface area contributed by atoms with Gasteiger partial charge in [0.1, 0.15) is 16.8 Å². The molecule has 0 aliphatic heterocycles. The van der Waals surface area contributed by atoms with Gasteiger partial charge in [0, 0.05) is 37.3 Å². The lowest BCUT2D eigenvalue weighted by atomic mass is 10.2. The topological polar surface area (TPSA) is 55.6 Å². The number of hydrogen-bond donors (Lipinski definition) is 1. The summed E-state index contributed by atoms with van der Waals surface area (Å²) < 4.78 is 1.80. The molecule has 0 radical (unpaired) electrons. The lowest BCUT2D eigenvalue weighted by Crippen LogP contribution is -2.06. The van der Waals surface area contributed by atoms with E-state index >= 15 is 0 Å². The van der Waals surface area contributed by atoms with E-state index in [2.05, 4.69) is 20.4 Å². The molecule has 0 unspecified atom stereocenters. The molecule has 2 heterocycles. The Bertz CT molecular complexity index is 576. The van der Waals surface area contributed by atoms with Gasteiger partial charge in [0.25, 0.3) is 0 Å². The maximum Gasteiger partial charge on any atom is 0.135 e. The van der Waals surface area contributed by atoms with Crippen molar-refractivity contribution in [3.05, 3.63) is 34.5 Å². The van der Waals surface area contributed by atoms with Gasteiger partial charge < -0.3 is 5.32 Å². The number of hydrogen-bond acceptors (Lipinski definition) is 4. The molecule has 2 aromatic heterocycles. The Morgan fingerprint density at radius 2 is 2.11 bits per heavy atom. The monoisotopic (exact) mass is 279 g/mol. The third-order valence-corrected chi connectivity index (χ3v) is 3.00. The minimum atomic E-state index is 0.249. The van der Waals surface area contributed by atoms with Crippen LogP contribution in [0.2, 0.25) is 5.15 Å². The SMILES string of the molecule is Cc1nn(C)cc1CNc1cc(Cl)nc(C(C)C)n1. The zero-order valence-electron chi connectivity index (χ0n) is 11.6. The highest BCUT2D eigenvalue weighted by Crippen LogP contribution is 2.17. The molecule has 5 nitrogen and oxygen atoms in total. The fourth-order valence-electron chi connectivity index (χ4n) is 1.79. The van der Waals surface area contributed by atoms with Crippen molar-refractivity contribution in [1.29, 1.82) is 0 Å². The summed E-state index contributed by atoms with van der Waals surface area (Å²) in [5.74, 6) is 1.74. The van der Waals surface area contributed by atoms with E-state index in [-0.39, 0.29) is 5.92 Å². The van der Waals surface area contributed by atoms with Gasteiger partial charge in [-0.3, -0.25) is 4.68 Å². The molecule has 0 amide bonds. The van der Waals surface area contributed by atoms with Crippen LogP contribution in [-0.2, 0) is 13.6 Å². The van der Waals surface area contributed by atoms with Crippen molar-refractivity contribution >= 4 is 17.4 Å². The first-order valence-electron chi connectivity index (χ1n) is 6.23. The second-order valence-electron chi connectivity index (χ2n) is 4.86. The molecule has 102 valence electrons. The lowest BCUT2D eigenvalue weighted by Gasteiger charge is -2.09. The van der Waals surface area contributed by atoms with E-state index in [1.807, 2.05) is 34.0 Å². The number of aromatic nitrogens is 4. The molecule has 0 spiro atoms. The van der Waals surface area contributed by atoms with Crippen molar-refractivity contribution in [3.8, 4) is 0 Å². The molecule has 0 aliphatic rings. The minimum absolute atomic E-state index is 0.249. The molecule has 0 saturated carbocycles. The first-order valence-corrected chi connectivity index (χ1v) is 6.61. The van der Waals surface area contributed by atoms with Crippen molar-refractivity contribution in [3.63, 3.8) is 0 Å². The van der Waals surface area contributed by atoms with Crippen LogP contribution in [0.5, 0.6) is 0 Å². The van der Waals surface area contributed by atoms with Crippen LogP contribution in [0.4, 0.5) is 5.82 Å². The van der Waals surface area contributed by atoms with Crippen LogP contribution in [0.1, 0.15) is 36.8 Å². The number of aryl methyl sites for hydroxylation is 2. The minimum Gasteiger partial charge on any atom is -0.366 e. The van der Waals surface area contributed by atoms with Crippen LogP contribution in [0.25, 0.3) is 0 Å². The fraction of sp³-hybridized carbons (Fsp3) is 0.462. The lowest BCUT2D eigenvalue weighted by molar-refractivity contribution is 0.756. The summed E-state index contributed by atoms with van der Waals surface area (Å²) in [7, 11) is 1.91.